The summed E-state index contributed by atoms with van der Waals surface area (Å²) in [6.07, 6.45) is 1.09. The summed E-state index contributed by atoms with van der Waals surface area (Å²) < 4.78 is 27.7. The van der Waals surface area contributed by atoms with E-state index >= 15 is 0 Å². The quantitative estimate of drug-likeness (QED) is 0.901. The summed E-state index contributed by atoms with van der Waals surface area (Å²) in [7, 11) is 0. The Morgan fingerprint density at radius 1 is 1.15 bits per heavy atom. The molecule has 1 N–H and O–H groups in total. The molecular weight excluding hydrogens is 340 g/mol. The zero-order valence-electron chi connectivity index (χ0n) is 14.5. The second-order valence-electron chi connectivity index (χ2n) is 8.80. The number of halogens is 2. The lowest BCUT2D eigenvalue weighted by Crippen LogP contribution is -2.45. The Labute approximate surface area is 150 Å². The first-order chi connectivity index (χ1) is 12.2. The number of carbonyl (C=O) groups excluding carboxylic acids is 1. The first kappa shape index (κ1) is 16.2. The molecular formula is C20H21F2NO3. The van der Waals surface area contributed by atoms with Gasteiger partial charge in [0.15, 0.2) is 0 Å². The normalized spacial score (nSPS) is 41.5. The Kier molecular flexibility index (Phi) is 2.90. The van der Waals surface area contributed by atoms with E-state index < -0.39 is 29.1 Å². The number of aryl methyl sites for hydroxylation is 1. The predicted octanol–water partition coefficient (Wildman–Crippen LogP) is 2.84. The fourth-order valence-corrected chi connectivity index (χ4v) is 5.64. The highest BCUT2D eigenvalue weighted by atomic mass is 19.3. The number of hydrogen-bond donors (Lipinski definition) is 1. The molecule has 26 heavy (non-hydrogen) atoms. The maximum atomic E-state index is 13.8. The zero-order valence-corrected chi connectivity index (χ0v) is 14.5. The van der Waals surface area contributed by atoms with Crippen LogP contribution >= 0.6 is 0 Å². The Morgan fingerprint density at radius 2 is 1.81 bits per heavy atom. The van der Waals surface area contributed by atoms with Gasteiger partial charge in [0, 0.05) is 24.4 Å². The number of nitrogens with zero attached hydrogens (tertiary/aromatic N) is 1. The average Bonchev–Trinajstić information content (AvgIpc) is 3.31. The number of carbonyl (C=O) groups is 2. The van der Waals surface area contributed by atoms with Crippen LogP contribution in [0.5, 0.6) is 0 Å². The third-order valence-corrected chi connectivity index (χ3v) is 7.40. The number of carboxylic acids is 1. The number of rotatable bonds is 3. The van der Waals surface area contributed by atoms with Crippen LogP contribution in [-0.2, 0) is 15.0 Å². The Morgan fingerprint density at radius 3 is 2.38 bits per heavy atom. The largest absolute Gasteiger partial charge is 0.481 e. The van der Waals surface area contributed by atoms with Crippen molar-refractivity contribution in [2.45, 2.75) is 37.5 Å². The van der Waals surface area contributed by atoms with Crippen LogP contribution in [0.3, 0.4) is 0 Å². The molecule has 1 aliphatic heterocycles. The van der Waals surface area contributed by atoms with Crippen molar-refractivity contribution in [1.29, 1.82) is 0 Å². The van der Waals surface area contributed by atoms with Crippen molar-refractivity contribution in [3.63, 3.8) is 0 Å². The highest BCUT2D eigenvalue weighted by Crippen LogP contribution is 2.77. The summed E-state index contributed by atoms with van der Waals surface area (Å²) in [4.78, 5) is 25.6. The van der Waals surface area contributed by atoms with Crippen LogP contribution in [0.1, 0.15) is 30.4 Å². The van der Waals surface area contributed by atoms with Crippen molar-refractivity contribution in [3.05, 3.63) is 35.4 Å². The molecule has 4 nitrogen and oxygen atoms in total. The summed E-state index contributed by atoms with van der Waals surface area (Å²) in [6.45, 7) is 3.39. The summed E-state index contributed by atoms with van der Waals surface area (Å²) >= 11 is 0. The minimum atomic E-state index is -3.16. The molecule has 6 heteroatoms. The number of piperidine rings is 1. The molecule has 3 saturated carbocycles. The van der Waals surface area contributed by atoms with E-state index in [4.69, 9.17) is 5.11 Å². The van der Waals surface area contributed by atoms with E-state index in [0.29, 0.717) is 19.0 Å². The van der Waals surface area contributed by atoms with Crippen LogP contribution in [0.15, 0.2) is 24.3 Å². The van der Waals surface area contributed by atoms with Crippen LogP contribution in [0.2, 0.25) is 0 Å². The highest BCUT2D eigenvalue weighted by Gasteiger charge is 2.87. The number of likely N-dealkylation sites (tertiary alicyclic amines) is 1. The van der Waals surface area contributed by atoms with Crippen molar-refractivity contribution in [3.8, 4) is 0 Å². The van der Waals surface area contributed by atoms with Gasteiger partial charge in [0.05, 0.1) is 5.41 Å². The van der Waals surface area contributed by atoms with E-state index in [-0.39, 0.29) is 24.2 Å². The summed E-state index contributed by atoms with van der Waals surface area (Å²) in [5.74, 6) is -6.27. The van der Waals surface area contributed by atoms with Gasteiger partial charge in [0.2, 0.25) is 5.91 Å². The minimum Gasteiger partial charge on any atom is -0.481 e. The van der Waals surface area contributed by atoms with E-state index in [1.54, 1.807) is 0 Å². The number of alkyl halides is 2. The number of aliphatic carboxylic acids is 1. The van der Waals surface area contributed by atoms with Crippen molar-refractivity contribution < 1.29 is 23.5 Å². The Bertz CT molecular complexity index is 815. The fourth-order valence-electron chi connectivity index (χ4n) is 5.64. The lowest BCUT2D eigenvalue weighted by atomic mass is 9.69. The predicted molar refractivity (Wildman–Crippen MR) is 88.8 cm³/mol. The van der Waals surface area contributed by atoms with Gasteiger partial charge in [-0.1, -0.05) is 29.8 Å². The smallest absolute Gasteiger partial charge is 0.313 e. The molecule has 1 spiro atoms. The molecule has 0 aromatic heterocycles. The molecule has 4 aliphatic rings. The molecule has 5 rings (SSSR count). The van der Waals surface area contributed by atoms with Gasteiger partial charge < -0.3 is 10.0 Å². The van der Waals surface area contributed by atoms with Crippen LogP contribution in [-0.4, -0.2) is 40.9 Å². The Balaban J connectivity index is 1.26. The van der Waals surface area contributed by atoms with Gasteiger partial charge >= 0.3 is 5.97 Å². The van der Waals surface area contributed by atoms with Gasteiger partial charge in [-0.15, -0.1) is 0 Å². The molecule has 1 aromatic carbocycles. The number of benzene rings is 1. The Hall–Kier alpha value is -1.98. The fraction of sp³-hybridized carbons (Fsp3) is 0.600. The van der Waals surface area contributed by atoms with Crippen molar-refractivity contribution in [2.75, 3.05) is 13.1 Å². The number of fused-ring (bicyclic) bond motifs is 1. The van der Waals surface area contributed by atoms with Gasteiger partial charge in [-0.25, -0.2) is 8.78 Å². The third-order valence-electron chi connectivity index (χ3n) is 7.40. The topological polar surface area (TPSA) is 57.6 Å². The van der Waals surface area contributed by atoms with Crippen LogP contribution in [0.25, 0.3) is 0 Å². The molecule has 0 bridgehead atoms. The lowest BCUT2D eigenvalue weighted by Gasteiger charge is -2.38. The van der Waals surface area contributed by atoms with Crippen LogP contribution in [0, 0.1) is 30.1 Å². The molecule has 3 atom stereocenters. The second kappa shape index (κ2) is 4.65. The zero-order chi connectivity index (χ0) is 18.5. The van der Waals surface area contributed by atoms with E-state index in [1.165, 1.54) is 11.1 Å². The van der Waals surface area contributed by atoms with Crippen molar-refractivity contribution >= 4 is 11.9 Å². The molecule has 3 aliphatic carbocycles. The summed E-state index contributed by atoms with van der Waals surface area (Å²) in [5, 5.41) is 8.97. The van der Waals surface area contributed by atoms with E-state index in [2.05, 4.69) is 24.3 Å². The third kappa shape index (κ3) is 1.82. The molecule has 138 valence electrons. The monoisotopic (exact) mass is 361 g/mol. The van der Waals surface area contributed by atoms with Crippen molar-refractivity contribution in [1.82, 2.24) is 4.90 Å². The number of amides is 1. The van der Waals surface area contributed by atoms with Crippen LogP contribution in [0.4, 0.5) is 8.78 Å². The molecule has 1 amide bonds. The maximum Gasteiger partial charge on any atom is 0.313 e. The number of carboxylic acid groups (broad SMARTS) is 1. The standard InChI is InChI=1S/C20H21F2NO3/c1-11-2-4-13(5-3-11)18-8-14(18)9-23(10-18)16(24)12-6-19(7-12)15(17(25)26)20(19,21)22/h2-5,12,14-15H,6-10H2,1H3,(H,25,26)/t12?,14-,15?,18+,19?/m0/s1. The SMILES string of the molecule is Cc1ccc([C@]23C[C@H]2CN(C(=O)C2CC4(C2)C(C(=O)O)C4(F)F)C3)cc1. The highest BCUT2D eigenvalue weighted by molar-refractivity contribution is 5.84. The van der Waals surface area contributed by atoms with Gasteiger partial charge in [0.25, 0.3) is 5.92 Å². The van der Waals surface area contributed by atoms with Gasteiger partial charge in [0.1, 0.15) is 5.92 Å². The first-order valence-corrected chi connectivity index (χ1v) is 9.18. The first-order valence-electron chi connectivity index (χ1n) is 9.18. The molecule has 4 fully saturated rings. The summed E-state index contributed by atoms with van der Waals surface area (Å²) in [5.41, 5.74) is 1.04. The molecule has 1 heterocycles. The van der Waals surface area contributed by atoms with E-state index in [9.17, 15) is 18.4 Å². The maximum absolute atomic E-state index is 13.8. The average molecular weight is 361 g/mol. The van der Waals surface area contributed by atoms with E-state index in [1.807, 2.05) is 11.8 Å². The number of hydrogen-bond acceptors (Lipinski definition) is 2. The second-order valence-corrected chi connectivity index (χ2v) is 8.80. The lowest BCUT2D eigenvalue weighted by molar-refractivity contribution is -0.145. The minimum absolute atomic E-state index is 0.00843. The summed E-state index contributed by atoms with van der Waals surface area (Å²) in [6, 6.07) is 8.43. The van der Waals surface area contributed by atoms with Gasteiger partial charge in [-0.05, 0) is 37.7 Å². The molecule has 1 aromatic rings. The van der Waals surface area contributed by atoms with Gasteiger partial charge in [-0.3, -0.25) is 9.59 Å². The molecule has 1 unspecified atom stereocenters. The molecule has 0 radical (unpaired) electrons. The van der Waals surface area contributed by atoms with E-state index in [0.717, 1.165) is 6.42 Å². The van der Waals surface area contributed by atoms with Crippen LogP contribution < -0.4 is 0 Å². The van der Waals surface area contributed by atoms with Crippen molar-refractivity contribution in [2.24, 2.45) is 23.2 Å². The van der Waals surface area contributed by atoms with Gasteiger partial charge in [-0.2, -0.15) is 0 Å². The molecule has 1 saturated heterocycles.